The molecule has 0 fully saturated rings. The molecule has 2 heterocycles. The molecule has 0 aromatic carbocycles. The molecule has 0 aliphatic carbocycles. The molecular weight excluding hydrogens is 236 g/mol. The van der Waals surface area contributed by atoms with Gasteiger partial charge >= 0.3 is 6.01 Å². The first-order valence-electron chi connectivity index (χ1n) is 5.67. The number of anilines is 1. The van der Waals surface area contributed by atoms with Gasteiger partial charge in [-0.3, -0.25) is 0 Å². The first kappa shape index (κ1) is 12.6. The normalized spacial score (nSPS) is 10.7. The standard InChI is InChI=1S/C11H16N4O3/c1-16-6-4-12-8-10-14-15-11(18-10)13-7-9-3-2-5-17-9/h2-3,5,12H,4,6-8H2,1H3,(H,13,15). The van der Waals surface area contributed by atoms with Gasteiger partial charge in [0.25, 0.3) is 0 Å². The number of nitrogens with zero attached hydrogens (tertiary/aromatic N) is 2. The van der Waals surface area contributed by atoms with Crippen molar-refractivity contribution in [3.8, 4) is 0 Å². The molecule has 0 radical (unpaired) electrons. The van der Waals surface area contributed by atoms with Crippen molar-refractivity contribution in [1.29, 1.82) is 0 Å². The van der Waals surface area contributed by atoms with Gasteiger partial charge in [0, 0.05) is 13.7 Å². The molecule has 0 amide bonds. The van der Waals surface area contributed by atoms with Gasteiger partial charge in [0.05, 0.1) is 26.0 Å². The highest BCUT2D eigenvalue weighted by Crippen LogP contribution is 2.08. The van der Waals surface area contributed by atoms with E-state index in [1.165, 1.54) is 0 Å². The first-order valence-corrected chi connectivity index (χ1v) is 5.67. The highest BCUT2D eigenvalue weighted by atomic mass is 16.5. The Morgan fingerprint density at radius 1 is 1.33 bits per heavy atom. The average Bonchev–Trinajstić information content (AvgIpc) is 3.03. The van der Waals surface area contributed by atoms with Gasteiger partial charge in [0.2, 0.25) is 5.89 Å². The Kier molecular flexibility index (Phi) is 4.74. The van der Waals surface area contributed by atoms with Gasteiger partial charge < -0.3 is 24.2 Å². The van der Waals surface area contributed by atoms with E-state index in [4.69, 9.17) is 13.6 Å². The molecule has 0 spiro atoms. The molecule has 0 saturated heterocycles. The molecule has 98 valence electrons. The molecule has 7 nitrogen and oxygen atoms in total. The summed E-state index contributed by atoms with van der Waals surface area (Å²) in [7, 11) is 1.66. The van der Waals surface area contributed by atoms with Crippen molar-refractivity contribution in [3.63, 3.8) is 0 Å². The lowest BCUT2D eigenvalue weighted by molar-refractivity contribution is 0.198. The fraction of sp³-hybridized carbons (Fsp3) is 0.455. The van der Waals surface area contributed by atoms with Crippen molar-refractivity contribution in [2.75, 3.05) is 25.6 Å². The number of rotatable bonds is 8. The van der Waals surface area contributed by atoms with Crippen LogP contribution >= 0.6 is 0 Å². The van der Waals surface area contributed by atoms with E-state index in [0.717, 1.165) is 12.3 Å². The third kappa shape index (κ3) is 3.86. The van der Waals surface area contributed by atoms with Crippen LogP contribution in [0.1, 0.15) is 11.7 Å². The van der Waals surface area contributed by atoms with E-state index in [9.17, 15) is 0 Å². The van der Waals surface area contributed by atoms with Crippen molar-refractivity contribution in [2.45, 2.75) is 13.1 Å². The lowest BCUT2D eigenvalue weighted by Gasteiger charge is -1.99. The third-order valence-electron chi connectivity index (χ3n) is 2.22. The quantitative estimate of drug-likeness (QED) is 0.678. The number of ether oxygens (including phenoxy) is 1. The number of methoxy groups -OCH3 is 1. The van der Waals surface area contributed by atoms with Crippen LogP contribution in [0.4, 0.5) is 6.01 Å². The zero-order valence-corrected chi connectivity index (χ0v) is 10.2. The van der Waals surface area contributed by atoms with Crippen LogP contribution in [0.5, 0.6) is 0 Å². The molecule has 7 heteroatoms. The van der Waals surface area contributed by atoms with Crippen LogP contribution in [0.2, 0.25) is 0 Å². The number of aromatic nitrogens is 2. The summed E-state index contributed by atoms with van der Waals surface area (Å²) in [5, 5.41) is 13.9. The van der Waals surface area contributed by atoms with Crippen molar-refractivity contribution < 1.29 is 13.6 Å². The summed E-state index contributed by atoms with van der Waals surface area (Å²) >= 11 is 0. The van der Waals surface area contributed by atoms with E-state index in [0.29, 0.717) is 31.6 Å². The lowest BCUT2D eigenvalue weighted by Crippen LogP contribution is -2.18. The van der Waals surface area contributed by atoms with Crippen LogP contribution in [0, 0.1) is 0 Å². The maximum atomic E-state index is 5.38. The Bertz CT molecular complexity index is 441. The SMILES string of the molecule is COCCNCc1nnc(NCc2ccco2)o1. The predicted molar refractivity (Wildman–Crippen MR) is 63.9 cm³/mol. The van der Waals surface area contributed by atoms with E-state index in [-0.39, 0.29) is 0 Å². The lowest BCUT2D eigenvalue weighted by atomic mass is 10.4. The molecule has 2 aromatic rings. The summed E-state index contributed by atoms with van der Waals surface area (Å²) in [6.45, 7) is 2.44. The average molecular weight is 252 g/mol. The molecule has 0 atom stereocenters. The predicted octanol–water partition coefficient (Wildman–Crippen LogP) is 1.01. The van der Waals surface area contributed by atoms with Crippen molar-refractivity contribution in [3.05, 3.63) is 30.0 Å². The van der Waals surface area contributed by atoms with Crippen molar-refractivity contribution in [2.24, 2.45) is 0 Å². The van der Waals surface area contributed by atoms with Gasteiger partial charge in [0.1, 0.15) is 5.76 Å². The molecule has 18 heavy (non-hydrogen) atoms. The Morgan fingerprint density at radius 3 is 3.06 bits per heavy atom. The highest BCUT2D eigenvalue weighted by molar-refractivity contribution is 5.18. The second-order valence-corrected chi connectivity index (χ2v) is 3.60. The van der Waals surface area contributed by atoms with Crippen LogP contribution in [0.3, 0.4) is 0 Å². The summed E-state index contributed by atoms with van der Waals surface area (Å²) in [4.78, 5) is 0. The van der Waals surface area contributed by atoms with Gasteiger partial charge in [-0.15, -0.1) is 5.10 Å². The largest absolute Gasteiger partial charge is 0.467 e. The monoisotopic (exact) mass is 252 g/mol. The number of hydrogen-bond acceptors (Lipinski definition) is 7. The smallest absolute Gasteiger partial charge is 0.315 e. The molecule has 2 N–H and O–H groups in total. The summed E-state index contributed by atoms with van der Waals surface area (Å²) in [6, 6.07) is 4.09. The second-order valence-electron chi connectivity index (χ2n) is 3.60. The summed E-state index contributed by atoms with van der Waals surface area (Å²) in [5.41, 5.74) is 0. The molecule has 0 unspecified atom stereocenters. The van der Waals surface area contributed by atoms with Gasteiger partial charge in [-0.25, -0.2) is 0 Å². The fourth-order valence-corrected chi connectivity index (χ4v) is 1.34. The van der Waals surface area contributed by atoms with E-state index in [2.05, 4.69) is 20.8 Å². The molecule has 0 aliphatic heterocycles. The molecule has 2 aromatic heterocycles. The summed E-state index contributed by atoms with van der Waals surface area (Å²) in [5.74, 6) is 1.35. The Labute approximate surface area is 105 Å². The molecule has 2 rings (SSSR count). The van der Waals surface area contributed by atoms with Gasteiger partial charge in [-0.1, -0.05) is 5.10 Å². The Morgan fingerprint density at radius 2 is 2.28 bits per heavy atom. The molecule has 0 saturated carbocycles. The molecule has 0 bridgehead atoms. The van der Waals surface area contributed by atoms with Crippen LogP contribution in [-0.2, 0) is 17.8 Å². The Hall–Kier alpha value is -1.86. The van der Waals surface area contributed by atoms with Crippen LogP contribution < -0.4 is 10.6 Å². The topological polar surface area (TPSA) is 85.4 Å². The van der Waals surface area contributed by atoms with Gasteiger partial charge in [-0.05, 0) is 12.1 Å². The molecule has 0 aliphatic rings. The number of hydrogen-bond donors (Lipinski definition) is 2. The maximum Gasteiger partial charge on any atom is 0.315 e. The fourth-order valence-electron chi connectivity index (χ4n) is 1.34. The second kappa shape index (κ2) is 6.77. The highest BCUT2D eigenvalue weighted by Gasteiger charge is 2.05. The van der Waals surface area contributed by atoms with E-state index >= 15 is 0 Å². The van der Waals surface area contributed by atoms with E-state index in [1.54, 1.807) is 13.4 Å². The van der Waals surface area contributed by atoms with E-state index < -0.39 is 0 Å². The minimum Gasteiger partial charge on any atom is -0.467 e. The zero-order valence-electron chi connectivity index (χ0n) is 10.2. The van der Waals surface area contributed by atoms with E-state index in [1.807, 2.05) is 12.1 Å². The zero-order chi connectivity index (χ0) is 12.6. The summed E-state index contributed by atoms with van der Waals surface area (Å²) < 4.78 is 15.5. The minimum absolute atomic E-state index is 0.384. The van der Waals surface area contributed by atoms with Crippen molar-refractivity contribution in [1.82, 2.24) is 15.5 Å². The van der Waals surface area contributed by atoms with Crippen LogP contribution in [0.15, 0.2) is 27.2 Å². The van der Waals surface area contributed by atoms with Gasteiger partial charge in [0.15, 0.2) is 0 Å². The van der Waals surface area contributed by atoms with Crippen LogP contribution in [-0.4, -0.2) is 30.5 Å². The summed E-state index contributed by atoms with van der Waals surface area (Å²) in [6.07, 6.45) is 1.62. The first-order chi connectivity index (χ1) is 8.88. The van der Waals surface area contributed by atoms with Crippen molar-refractivity contribution >= 4 is 6.01 Å². The number of nitrogens with one attached hydrogen (secondary N) is 2. The maximum absolute atomic E-state index is 5.38. The number of furan rings is 1. The van der Waals surface area contributed by atoms with Gasteiger partial charge in [-0.2, -0.15) is 0 Å². The van der Waals surface area contributed by atoms with Crippen LogP contribution in [0.25, 0.3) is 0 Å². The minimum atomic E-state index is 0.384. The molecular formula is C11H16N4O3. The third-order valence-corrected chi connectivity index (χ3v) is 2.22. The Balaban J connectivity index is 1.72.